The van der Waals surface area contributed by atoms with Crippen molar-refractivity contribution in [2.45, 2.75) is 71.3 Å². The van der Waals surface area contributed by atoms with E-state index in [-0.39, 0.29) is 28.0 Å². The van der Waals surface area contributed by atoms with Gasteiger partial charge in [-0.25, -0.2) is 0 Å². The molecule has 5 fully saturated rings. The van der Waals surface area contributed by atoms with E-state index >= 15 is 0 Å². The van der Waals surface area contributed by atoms with E-state index in [1.165, 1.54) is 44.6 Å². The van der Waals surface area contributed by atoms with Gasteiger partial charge >= 0.3 is 0 Å². The summed E-state index contributed by atoms with van der Waals surface area (Å²) in [4.78, 5) is 26.7. The van der Waals surface area contributed by atoms with E-state index < -0.39 is 0 Å². The van der Waals surface area contributed by atoms with Crippen LogP contribution in [0.2, 0.25) is 0 Å². The van der Waals surface area contributed by atoms with Gasteiger partial charge in [-0.3, -0.25) is 14.9 Å². The number of benzene rings is 1. The van der Waals surface area contributed by atoms with Crippen molar-refractivity contribution in [3.05, 3.63) is 33.9 Å². The number of hydrogen-bond acceptors (Lipinski definition) is 4. The summed E-state index contributed by atoms with van der Waals surface area (Å²) in [6.07, 6.45) is 10.0. The molecule has 4 bridgehead atoms. The Hall–Kier alpha value is -2.11. The standard InChI is InChI=1S/C25H35N3O3/c1-16-4-3-7-27(15-16)22-6-5-21(11-23(22)28(30)31)24(29)26-17(2)25-12-18-8-19(13-25)10-20(9-18)14-25/h5-6,11,16-20H,3-4,7-10,12-15H2,1-2H3,(H,26,29)/t16-,17+,18?,19?,20?,25?/m1/s1. The van der Waals surface area contributed by atoms with Gasteiger partial charge in [-0.05, 0) is 99.5 Å². The van der Waals surface area contributed by atoms with Gasteiger partial charge < -0.3 is 10.2 Å². The fourth-order valence-corrected chi connectivity index (χ4v) is 7.63. The van der Waals surface area contributed by atoms with Gasteiger partial charge in [-0.2, -0.15) is 0 Å². The monoisotopic (exact) mass is 425 g/mol. The summed E-state index contributed by atoms with van der Waals surface area (Å²) in [5.41, 5.74) is 1.31. The second-order valence-corrected chi connectivity index (χ2v) is 11.1. The number of carbonyl (C=O) groups is 1. The number of rotatable bonds is 5. The SMILES string of the molecule is C[C@@H]1CCCN(c2ccc(C(=O)N[C@@H](C)C34CC5CC(CC(C5)C3)C4)cc2[N+](=O)[O-])C1. The van der Waals surface area contributed by atoms with Crippen molar-refractivity contribution < 1.29 is 9.72 Å². The molecule has 6 rings (SSSR count). The molecule has 0 radical (unpaired) electrons. The van der Waals surface area contributed by atoms with E-state index in [1.807, 2.05) is 0 Å². The minimum absolute atomic E-state index is 0.0456. The van der Waals surface area contributed by atoms with Gasteiger partial charge in [-0.1, -0.05) is 6.92 Å². The highest BCUT2D eigenvalue weighted by atomic mass is 16.6. The van der Waals surface area contributed by atoms with Crippen LogP contribution < -0.4 is 10.2 Å². The summed E-state index contributed by atoms with van der Waals surface area (Å²) in [5, 5.41) is 15.1. The van der Waals surface area contributed by atoms with E-state index in [0.717, 1.165) is 43.7 Å². The molecule has 4 aliphatic carbocycles. The van der Waals surface area contributed by atoms with Crippen LogP contribution in [0.5, 0.6) is 0 Å². The van der Waals surface area contributed by atoms with Crippen molar-refractivity contribution in [2.75, 3.05) is 18.0 Å². The molecule has 0 spiro atoms. The first kappa shape index (κ1) is 20.8. The lowest BCUT2D eigenvalue weighted by molar-refractivity contribution is -0.384. The zero-order chi connectivity index (χ0) is 21.8. The van der Waals surface area contributed by atoms with Crippen LogP contribution in [0.4, 0.5) is 11.4 Å². The number of amides is 1. The first-order valence-corrected chi connectivity index (χ1v) is 12.2. The maximum Gasteiger partial charge on any atom is 0.293 e. The molecule has 1 aromatic rings. The third-order valence-corrected chi connectivity index (χ3v) is 8.78. The van der Waals surface area contributed by atoms with Gasteiger partial charge in [0, 0.05) is 30.8 Å². The van der Waals surface area contributed by atoms with Gasteiger partial charge in [0.05, 0.1) is 4.92 Å². The lowest BCUT2D eigenvalue weighted by Gasteiger charge is -2.59. The number of carbonyl (C=O) groups excluding carboxylic acids is 1. The van der Waals surface area contributed by atoms with Gasteiger partial charge in [0.2, 0.25) is 0 Å². The predicted octanol–water partition coefficient (Wildman–Crippen LogP) is 5.17. The Bertz CT molecular complexity index is 847. The molecule has 1 N–H and O–H groups in total. The molecule has 1 aliphatic heterocycles. The number of nitro benzene ring substituents is 1. The van der Waals surface area contributed by atoms with E-state index in [1.54, 1.807) is 12.1 Å². The molecule has 5 aliphatic rings. The van der Waals surface area contributed by atoms with Crippen molar-refractivity contribution in [3.8, 4) is 0 Å². The largest absolute Gasteiger partial charge is 0.366 e. The molecule has 4 saturated carbocycles. The Morgan fingerprint density at radius 3 is 2.42 bits per heavy atom. The quantitative estimate of drug-likeness (QED) is 0.522. The molecular weight excluding hydrogens is 390 g/mol. The van der Waals surface area contributed by atoms with Gasteiger partial charge in [0.25, 0.3) is 11.6 Å². The molecule has 31 heavy (non-hydrogen) atoms. The topological polar surface area (TPSA) is 75.5 Å². The van der Waals surface area contributed by atoms with E-state index in [4.69, 9.17) is 0 Å². The Morgan fingerprint density at radius 1 is 1.19 bits per heavy atom. The lowest BCUT2D eigenvalue weighted by Crippen LogP contribution is -2.55. The van der Waals surface area contributed by atoms with E-state index in [0.29, 0.717) is 17.2 Å². The average molecular weight is 426 g/mol. The van der Waals surface area contributed by atoms with Crippen LogP contribution in [0.3, 0.4) is 0 Å². The number of hydrogen-bond donors (Lipinski definition) is 1. The van der Waals surface area contributed by atoms with Crippen molar-refractivity contribution in [3.63, 3.8) is 0 Å². The van der Waals surface area contributed by atoms with Crippen LogP contribution in [0.25, 0.3) is 0 Å². The van der Waals surface area contributed by atoms with Crippen LogP contribution >= 0.6 is 0 Å². The highest BCUT2D eigenvalue weighted by molar-refractivity contribution is 5.96. The lowest BCUT2D eigenvalue weighted by atomic mass is 9.48. The molecular formula is C25H35N3O3. The van der Waals surface area contributed by atoms with E-state index in [9.17, 15) is 14.9 Å². The molecule has 1 amide bonds. The zero-order valence-corrected chi connectivity index (χ0v) is 18.8. The zero-order valence-electron chi connectivity index (χ0n) is 18.8. The Kier molecular flexibility index (Phi) is 5.22. The predicted molar refractivity (Wildman–Crippen MR) is 121 cm³/mol. The smallest absolute Gasteiger partial charge is 0.293 e. The van der Waals surface area contributed by atoms with Crippen LogP contribution in [0.15, 0.2) is 18.2 Å². The number of nitro groups is 1. The third kappa shape index (κ3) is 3.83. The maximum atomic E-state index is 13.1. The van der Waals surface area contributed by atoms with Crippen molar-refractivity contribution in [1.82, 2.24) is 5.32 Å². The summed E-state index contributed by atoms with van der Waals surface area (Å²) in [5.74, 6) is 2.84. The summed E-state index contributed by atoms with van der Waals surface area (Å²) < 4.78 is 0. The van der Waals surface area contributed by atoms with Crippen molar-refractivity contribution in [1.29, 1.82) is 0 Å². The van der Waals surface area contributed by atoms with Crippen molar-refractivity contribution in [2.24, 2.45) is 29.1 Å². The van der Waals surface area contributed by atoms with Gasteiger partial charge in [-0.15, -0.1) is 0 Å². The molecule has 168 valence electrons. The molecule has 1 saturated heterocycles. The second-order valence-electron chi connectivity index (χ2n) is 11.1. The average Bonchev–Trinajstić information content (AvgIpc) is 2.72. The number of nitrogens with one attached hydrogen (secondary N) is 1. The molecule has 0 unspecified atom stereocenters. The maximum absolute atomic E-state index is 13.1. The van der Waals surface area contributed by atoms with Crippen LogP contribution in [0.1, 0.15) is 75.6 Å². The highest BCUT2D eigenvalue weighted by Crippen LogP contribution is 2.61. The van der Waals surface area contributed by atoms with Gasteiger partial charge in [0.15, 0.2) is 0 Å². The minimum atomic E-state index is -0.339. The van der Waals surface area contributed by atoms with Crippen LogP contribution in [-0.2, 0) is 0 Å². The van der Waals surface area contributed by atoms with Crippen LogP contribution in [-0.4, -0.2) is 30.0 Å². The molecule has 6 nitrogen and oxygen atoms in total. The van der Waals surface area contributed by atoms with Crippen LogP contribution in [0, 0.1) is 39.2 Å². The minimum Gasteiger partial charge on any atom is -0.366 e. The molecule has 2 atom stereocenters. The number of piperidine rings is 1. The Labute approximate surface area is 184 Å². The van der Waals surface area contributed by atoms with Gasteiger partial charge in [0.1, 0.15) is 5.69 Å². The first-order chi connectivity index (χ1) is 14.8. The Balaban J connectivity index is 1.33. The summed E-state index contributed by atoms with van der Waals surface area (Å²) in [6, 6.07) is 5.13. The summed E-state index contributed by atoms with van der Waals surface area (Å²) >= 11 is 0. The van der Waals surface area contributed by atoms with E-state index in [2.05, 4.69) is 24.1 Å². The Morgan fingerprint density at radius 2 is 1.84 bits per heavy atom. The first-order valence-electron chi connectivity index (χ1n) is 12.2. The normalized spacial score (nSPS) is 35.1. The fraction of sp³-hybridized carbons (Fsp3) is 0.720. The third-order valence-electron chi connectivity index (χ3n) is 8.78. The molecule has 0 aromatic heterocycles. The molecule has 6 heteroatoms. The highest BCUT2D eigenvalue weighted by Gasteiger charge is 2.53. The van der Waals surface area contributed by atoms with Crippen molar-refractivity contribution >= 4 is 17.3 Å². The number of nitrogens with zero attached hydrogens (tertiary/aromatic N) is 2. The summed E-state index contributed by atoms with van der Waals surface area (Å²) in [6.45, 7) is 6.00. The summed E-state index contributed by atoms with van der Waals surface area (Å²) in [7, 11) is 0. The number of anilines is 1. The fourth-order valence-electron chi connectivity index (χ4n) is 7.63. The molecule has 1 heterocycles. The second kappa shape index (κ2) is 7.79. The molecule has 1 aromatic carbocycles.